The van der Waals surface area contributed by atoms with E-state index < -0.39 is 15.8 Å². The number of amides is 2. The number of nitrogens with zero attached hydrogens (tertiary/aromatic N) is 1. The second-order valence-corrected chi connectivity index (χ2v) is 15.4. The van der Waals surface area contributed by atoms with Crippen molar-refractivity contribution in [1.29, 1.82) is 0 Å². The van der Waals surface area contributed by atoms with Crippen molar-refractivity contribution in [3.63, 3.8) is 0 Å². The Morgan fingerprint density at radius 3 is 1.38 bits per heavy atom. The van der Waals surface area contributed by atoms with Gasteiger partial charge >= 0.3 is 0 Å². The summed E-state index contributed by atoms with van der Waals surface area (Å²) in [6.45, 7) is 13.3. The molecule has 0 aliphatic carbocycles. The van der Waals surface area contributed by atoms with E-state index in [9.17, 15) is 9.59 Å². The molecule has 0 radical (unpaired) electrons. The molecule has 0 bridgehead atoms. The third-order valence-corrected chi connectivity index (χ3v) is 13.8. The summed E-state index contributed by atoms with van der Waals surface area (Å²) < 4.78 is 0. The van der Waals surface area contributed by atoms with E-state index in [0.29, 0.717) is 22.6 Å². The highest BCUT2D eigenvalue weighted by Crippen LogP contribution is 2.70. The van der Waals surface area contributed by atoms with E-state index in [4.69, 9.17) is 0 Å². The zero-order valence-corrected chi connectivity index (χ0v) is 20.3. The van der Waals surface area contributed by atoms with Crippen molar-refractivity contribution in [2.24, 2.45) is 0 Å². The van der Waals surface area contributed by atoms with Gasteiger partial charge in [0.25, 0.3) is 11.8 Å². The van der Waals surface area contributed by atoms with Gasteiger partial charge in [-0.2, -0.15) is 0 Å². The summed E-state index contributed by atoms with van der Waals surface area (Å²) in [5.41, 5.74) is 5.07. The number of rotatable bonds is 3. The van der Waals surface area contributed by atoms with Gasteiger partial charge in [0.15, 0.2) is 0 Å². The van der Waals surface area contributed by atoms with Crippen LogP contribution in [0.25, 0.3) is 0 Å². The highest BCUT2D eigenvalue weighted by atomic mass is 31.1. The summed E-state index contributed by atoms with van der Waals surface area (Å²) in [5.74, 6) is -0.00831. The highest BCUT2D eigenvalue weighted by molar-refractivity contribution is 7.70. The quantitative estimate of drug-likeness (QED) is 0.407. The lowest BCUT2D eigenvalue weighted by molar-refractivity contribution is -0.120. The molecular formula is C24H33NO2P2. The number of aryl methyl sites for hydroxylation is 2. The largest absolute Gasteiger partial charge is 0.268 e. The van der Waals surface area contributed by atoms with E-state index in [1.54, 1.807) is 0 Å². The van der Waals surface area contributed by atoms with Gasteiger partial charge in [0.1, 0.15) is 0 Å². The van der Waals surface area contributed by atoms with E-state index >= 15 is 0 Å². The Hall–Kier alpha value is -1.04. The zero-order chi connectivity index (χ0) is 21.0. The van der Waals surface area contributed by atoms with Crippen molar-refractivity contribution in [3.8, 4) is 0 Å². The van der Waals surface area contributed by atoms with Crippen LogP contribution >= 0.6 is 15.8 Å². The van der Waals surface area contributed by atoms with Crippen LogP contribution in [0.4, 0.5) is 5.69 Å². The smallest absolute Gasteiger partial charge is 0.266 e. The number of carbonyl (C=O) groups excluding carboxylic acids is 2. The van der Waals surface area contributed by atoms with Crippen LogP contribution in [0.2, 0.25) is 0 Å². The van der Waals surface area contributed by atoms with E-state index in [2.05, 4.69) is 33.8 Å². The van der Waals surface area contributed by atoms with E-state index in [1.807, 2.05) is 26.0 Å². The second kappa shape index (κ2) is 7.90. The van der Waals surface area contributed by atoms with Crippen molar-refractivity contribution in [2.45, 2.75) is 89.9 Å². The fourth-order valence-electron chi connectivity index (χ4n) is 5.56. The van der Waals surface area contributed by atoms with Crippen LogP contribution in [-0.4, -0.2) is 34.5 Å². The monoisotopic (exact) mass is 429 g/mol. The fraction of sp³-hybridized carbons (Fsp3) is 0.583. The maximum atomic E-state index is 13.9. The minimum Gasteiger partial charge on any atom is -0.268 e. The van der Waals surface area contributed by atoms with E-state index in [-0.39, 0.29) is 11.8 Å². The lowest BCUT2D eigenvalue weighted by Gasteiger charge is -2.26. The number of benzene rings is 1. The van der Waals surface area contributed by atoms with Crippen molar-refractivity contribution in [1.82, 2.24) is 0 Å². The van der Waals surface area contributed by atoms with Crippen molar-refractivity contribution in [2.75, 3.05) is 4.90 Å². The molecule has 4 unspecified atom stereocenters. The average molecular weight is 429 g/mol. The first-order chi connectivity index (χ1) is 13.7. The third-order valence-electron chi connectivity index (χ3n) is 6.92. The van der Waals surface area contributed by atoms with Gasteiger partial charge in [-0.05, 0) is 85.4 Å². The summed E-state index contributed by atoms with van der Waals surface area (Å²) in [5, 5.41) is 1.90. The molecule has 2 fully saturated rings. The van der Waals surface area contributed by atoms with Crippen molar-refractivity contribution in [3.05, 3.63) is 40.0 Å². The molecule has 3 heterocycles. The Kier molecular flexibility index (Phi) is 5.77. The van der Waals surface area contributed by atoms with E-state index in [1.165, 1.54) is 30.6 Å². The van der Waals surface area contributed by atoms with Gasteiger partial charge in [0.05, 0.1) is 16.3 Å². The maximum absolute atomic E-state index is 13.9. The number of hydrogen-bond acceptors (Lipinski definition) is 2. The van der Waals surface area contributed by atoms with Gasteiger partial charge in [0.2, 0.25) is 0 Å². The number of hydrogen-bond donors (Lipinski definition) is 0. The van der Waals surface area contributed by atoms with E-state index in [0.717, 1.165) is 27.4 Å². The van der Waals surface area contributed by atoms with Crippen LogP contribution in [-0.2, 0) is 9.59 Å². The van der Waals surface area contributed by atoms with Crippen molar-refractivity contribution < 1.29 is 9.59 Å². The molecule has 3 aliphatic heterocycles. The summed E-state index contributed by atoms with van der Waals surface area (Å²) in [6, 6.07) is 6.08. The Morgan fingerprint density at radius 1 is 0.690 bits per heavy atom. The van der Waals surface area contributed by atoms with Crippen LogP contribution < -0.4 is 4.90 Å². The molecule has 0 aromatic heterocycles. The maximum Gasteiger partial charge on any atom is 0.266 e. The Morgan fingerprint density at radius 2 is 1.03 bits per heavy atom. The zero-order valence-electron chi connectivity index (χ0n) is 18.5. The van der Waals surface area contributed by atoms with Gasteiger partial charge in [-0.3, -0.25) is 9.59 Å². The molecular weight excluding hydrogens is 396 g/mol. The first kappa shape index (κ1) is 21.2. The predicted molar refractivity (Wildman–Crippen MR) is 126 cm³/mol. The Bertz CT molecular complexity index is 807. The minimum absolute atomic E-state index is 0.00416. The molecule has 4 atom stereocenters. The number of anilines is 1. The molecule has 0 N–H and O–H groups in total. The standard InChI is InChI=1S/C24H33NO2P2/c1-14-11-15(2)13-20(12-14)25-23(26)21(28-16(3)7-8-17(28)4)22(24(25)27)29-18(5)9-10-19(29)6/h11-13,16-19H,7-10H2,1-6H3. The fourth-order valence-corrected chi connectivity index (χ4v) is 12.8. The molecule has 1 aromatic carbocycles. The van der Waals surface area contributed by atoms with Crippen molar-refractivity contribution >= 4 is 33.3 Å². The van der Waals surface area contributed by atoms with Crippen LogP contribution in [0, 0.1) is 13.8 Å². The first-order valence-corrected chi connectivity index (χ1v) is 13.9. The first-order valence-electron chi connectivity index (χ1n) is 11.0. The Labute approximate surface area is 177 Å². The summed E-state index contributed by atoms with van der Waals surface area (Å²) in [7, 11) is -1.15. The molecule has 2 saturated heterocycles. The lowest BCUT2D eigenvalue weighted by Crippen LogP contribution is -2.32. The highest BCUT2D eigenvalue weighted by Gasteiger charge is 2.51. The molecule has 1 aromatic rings. The van der Waals surface area contributed by atoms with Crippen LogP contribution in [0.1, 0.15) is 64.5 Å². The molecule has 29 heavy (non-hydrogen) atoms. The number of carbonyl (C=O) groups is 2. The molecule has 4 rings (SSSR count). The average Bonchev–Trinajstić information content (AvgIpc) is 3.21. The second-order valence-electron chi connectivity index (χ2n) is 9.35. The normalized spacial score (nSPS) is 35.3. The summed E-state index contributed by atoms with van der Waals surface area (Å²) in [6.07, 6.45) is 4.71. The van der Waals surface area contributed by atoms with Gasteiger partial charge in [-0.15, -0.1) is 0 Å². The molecule has 0 spiro atoms. The SMILES string of the molecule is Cc1cc(C)cc(N2C(=O)C(P3C(C)CCC3C)=C(P3C(C)CCC3C)C2=O)c1. The van der Waals surface area contributed by atoms with Gasteiger partial charge in [-0.25, -0.2) is 4.90 Å². The lowest BCUT2D eigenvalue weighted by atomic mass is 10.1. The van der Waals surface area contributed by atoms with Gasteiger partial charge in [-0.1, -0.05) is 49.6 Å². The molecule has 0 saturated carbocycles. The topological polar surface area (TPSA) is 37.4 Å². The number of imide groups is 1. The summed E-state index contributed by atoms with van der Waals surface area (Å²) in [4.78, 5) is 29.3. The Balaban J connectivity index is 1.86. The molecule has 156 valence electrons. The molecule has 5 heteroatoms. The van der Waals surface area contributed by atoms with Crippen LogP contribution in [0.3, 0.4) is 0 Å². The van der Waals surface area contributed by atoms with Crippen LogP contribution in [0.15, 0.2) is 28.8 Å². The third kappa shape index (κ3) is 3.53. The molecule has 3 aliphatic rings. The van der Waals surface area contributed by atoms with Gasteiger partial charge in [0, 0.05) is 0 Å². The predicted octanol–water partition coefficient (Wildman–Crippen LogP) is 6.49. The molecule has 2 amide bonds. The van der Waals surface area contributed by atoms with Crippen LogP contribution in [0.5, 0.6) is 0 Å². The summed E-state index contributed by atoms with van der Waals surface area (Å²) >= 11 is 0. The van der Waals surface area contributed by atoms with Gasteiger partial charge < -0.3 is 0 Å². The minimum atomic E-state index is -0.577. The molecule has 3 nitrogen and oxygen atoms in total.